The van der Waals surface area contributed by atoms with Gasteiger partial charge in [0.15, 0.2) is 0 Å². The average molecular weight is 325 g/mol. The molecule has 112 valence electrons. The van der Waals surface area contributed by atoms with E-state index >= 15 is 0 Å². The maximum atomic E-state index is 12.4. The number of sulfonamides is 1. The first-order chi connectivity index (χ1) is 9.94. The van der Waals surface area contributed by atoms with Gasteiger partial charge in [-0.2, -0.15) is 0 Å². The SMILES string of the molecule is CCC1(CNS(=O)(=O)c2ccc3nc(Cl)ccc3c2)CC1. The first-order valence-electron chi connectivity index (χ1n) is 7.00. The molecule has 3 rings (SSSR count). The zero-order valence-electron chi connectivity index (χ0n) is 11.8. The average Bonchev–Trinajstić information content (AvgIpc) is 3.25. The van der Waals surface area contributed by atoms with E-state index in [9.17, 15) is 8.42 Å². The highest BCUT2D eigenvalue weighted by Gasteiger charge is 2.41. The number of nitrogens with one attached hydrogen (secondary N) is 1. The highest BCUT2D eigenvalue weighted by Crippen LogP contribution is 2.48. The van der Waals surface area contributed by atoms with Gasteiger partial charge in [0, 0.05) is 11.9 Å². The Bertz CT molecular complexity index is 785. The molecule has 0 saturated heterocycles. The number of fused-ring (bicyclic) bond motifs is 1. The third-order valence-electron chi connectivity index (χ3n) is 4.28. The Morgan fingerprint density at radius 1 is 1.29 bits per heavy atom. The number of hydrogen-bond acceptors (Lipinski definition) is 3. The summed E-state index contributed by atoms with van der Waals surface area (Å²) in [5.41, 5.74) is 0.868. The maximum absolute atomic E-state index is 12.4. The van der Waals surface area contributed by atoms with Gasteiger partial charge in [-0.1, -0.05) is 18.5 Å². The van der Waals surface area contributed by atoms with Gasteiger partial charge in [-0.3, -0.25) is 0 Å². The third kappa shape index (κ3) is 3.05. The lowest BCUT2D eigenvalue weighted by Crippen LogP contribution is -2.30. The van der Waals surface area contributed by atoms with Crippen LogP contribution in [0.2, 0.25) is 5.15 Å². The van der Waals surface area contributed by atoms with E-state index < -0.39 is 10.0 Å². The van der Waals surface area contributed by atoms with E-state index in [1.807, 2.05) is 0 Å². The van der Waals surface area contributed by atoms with Crippen LogP contribution in [0, 0.1) is 5.41 Å². The molecule has 0 radical (unpaired) electrons. The zero-order valence-corrected chi connectivity index (χ0v) is 13.3. The van der Waals surface area contributed by atoms with Crippen molar-refractivity contribution in [2.45, 2.75) is 31.1 Å². The van der Waals surface area contributed by atoms with E-state index in [2.05, 4.69) is 16.6 Å². The summed E-state index contributed by atoms with van der Waals surface area (Å²) >= 11 is 5.83. The molecule has 0 amide bonds. The van der Waals surface area contributed by atoms with Gasteiger partial charge in [0.05, 0.1) is 10.4 Å². The van der Waals surface area contributed by atoms with E-state index in [0.29, 0.717) is 17.2 Å². The first-order valence-corrected chi connectivity index (χ1v) is 8.86. The molecule has 1 heterocycles. The summed E-state index contributed by atoms with van der Waals surface area (Å²) in [4.78, 5) is 4.43. The molecule has 1 fully saturated rings. The number of benzene rings is 1. The Morgan fingerprint density at radius 3 is 2.71 bits per heavy atom. The largest absolute Gasteiger partial charge is 0.240 e. The van der Waals surface area contributed by atoms with Crippen LogP contribution in [-0.2, 0) is 10.0 Å². The second-order valence-electron chi connectivity index (χ2n) is 5.67. The molecule has 1 saturated carbocycles. The number of aromatic nitrogens is 1. The van der Waals surface area contributed by atoms with Crippen molar-refractivity contribution in [1.29, 1.82) is 0 Å². The van der Waals surface area contributed by atoms with Gasteiger partial charge >= 0.3 is 0 Å². The van der Waals surface area contributed by atoms with Crippen LogP contribution in [0.4, 0.5) is 0 Å². The predicted octanol–water partition coefficient (Wildman–Crippen LogP) is 3.36. The Labute approximate surface area is 129 Å². The lowest BCUT2D eigenvalue weighted by atomic mass is 10.1. The Morgan fingerprint density at radius 2 is 2.05 bits per heavy atom. The van der Waals surface area contributed by atoms with Gasteiger partial charge in [0.2, 0.25) is 10.0 Å². The van der Waals surface area contributed by atoms with Crippen LogP contribution >= 0.6 is 11.6 Å². The molecule has 1 aromatic carbocycles. The fourth-order valence-corrected chi connectivity index (χ4v) is 3.76. The van der Waals surface area contributed by atoms with Crippen molar-refractivity contribution in [2.75, 3.05) is 6.54 Å². The van der Waals surface area contributed by atoms with Gasteiger partial charge in [-0.25, -0.2) is 18.1 Å². The van der Waals surface area contributed by atoms with Crippen LogP contribution in [-0.4, -0.2) is 19.9 Å². The highest BCUT2D eigenvalue weighted by atomic mass is 35.5. The fraction of sp³-hybridized carbons (Fsp3) is 0.400. The number of pyridine rings is 1. The van der Waals surface area contributed by atoms with Crippen LogP contribution in [0.25, 0.3) is 10.9 Å². The van der Waals surface area contributed by atoms with Crippen LogP contribution in [0.5, 0.6) is 0 Å². The first kappa shape index (κ1) is 14.8. The van der Waals surface area contributed by atoms with Gasteiger partial charge in [0.1, 0.15) is 5.15 Å². The maximum Gasteiger partial charge on any atom is 0.240 e. The smallest absolute Gasteiger partial charge is 0.236 e. The van der Waals surface area contributed by atoms with Crippen molar-refractivity contribution in [3.05, 3.63) is 35.5 Å². The fourth-order valence-electron chi connectivity index (χ4n) is 2.41. The monoisotopic (exact) mass is 324 g/mol. The topological polar surface area (TPSA) is 59.1 Å². The number of nitrogens with zero attached hydrogens (tertiary/aromatic N) is 1. The molecular weight excluding hydrogens is 308 g/mol. The van der Waals surface area contributed by atoms with E-state index in [-0.39, 0.29) is 10.3 Å². The minimum atomic E-state index is -3.48. The van der Waals surface area contributed by atoms with Gasteiger partial charge in [-0.15, -0.1) is 0 Å². The minimum absolute atomic E-state index is 0.180. The number of halogens is 1. The van der Waals surface area contributed by atoms with Gasteiger partial charge in [-0.05, 0) is 55.0 Å². The summed E-state index contributed by atoms with van der Waals surface area (Å²) in [7, 11) is -3.48. The molecule has 0 atom stereocenters. The van der Waals surface area contributed by atoms with E-state index in [1.54, 1.807) is 30.3 Å². The summed E-state index contributed by atoms with van der Waals surface area (Å²) in [5, 5.41) is 1.16. The summed E-state index contributed by atoms with van der Waals surface area (Å²) in [6.45, 7) is 2.62. The zero-order chi connectivity index (χ0) is 15.1. The van der Waals surface area contributed by atoms with Crippen molar-refractivity contribution in [3.8, 4) is 0 Å². The molecule has 0 spiro atoms. The Balaban J connectivity index is 1.86. The lowest BCUT2D eigenvalue weighted by molar-refractivity contribution is 0.475. The van der Waals surface area contributed by atoms with Crippen LogP contribution in [0.15, 0.2) is 35.2 Å². The normalized spacial score (nSPS) is 17.0. The highest BCUT2D eigenvalue weighted by molar-refractivity contribution is 7.89. The van der Waals surface area contributed by atoms with Gasteiger partial charge in [0.25, 0.3) is 0 Å². The van der Waals surface area contributed by atoms with Crippen molar-refractivity contribution in [2.24, 2.45) is 5.41 Å². The van der Waals surface area contributed by atoms with E-state index in [4.69, 9.17) is 11.6 Å². The van der Waals surface area contributed by atoms with E-state index in [0.717, 1.165) is 24.6 Å². The minimum Gasteiger partial charge on any atom is -0.236 e. The van der Waals surface area contributed by atoms with Crippen LogP contribution < -0.4 is 4.72 Å². The molecular formula is C15H17ClN2O2S. The number of rotatable bonds is 5. The Hall–Kier alpha value is -1.17. The molecule has 1 aliphatic carbocycles. The molecule has 4 nitrogen and oxygen atoms in total. The molecule has 0 bridgehead atoms. The lowest BCUT2D eigenvalue weighted by Gasteiger charge is -2.14. The molecule has 0 aliphatic heterocycles. The second-order valence-corrected chi connectivity index (χ2v) is 7.82. The molecule has 1 aromatic heterocycles. The summed E-state index contributed by atoms with van der Waals surface area (Å²) < 4.78 is 27.5. The van der Waals surface area contributed by atoms with Crippen LogP contribution in [0.3, 0.4) is 0 Å². The molecule has 2 aromatic rings. The van der Waals surface area contributed by atoms with Crippen molar-refractivity contribution >= 4 is 32.5 Å². The van der Waals surface area contributed by atoms with E-state index in [1.165, 1.54) is 0 Å². The predicted molar refractivity (Wildman–Crippen MR) is 83.9 cm³/mol. The molecule has 6 heteroatoms. The van der Waals surface area contributed by atoms with Crippen molar-refractivity contribution < 1.29 is 8.42 Å². The molecule has 21 heavy (non-hydrogen) atoms. The second kappa shape index (κ2) is 5.23. The Kier molecular flexibility index (Phi) is 3.67. The number of hydrogen-bond donors (Lipinski definition) is 1. The molecule has 1 N–H and O–H groups in total. The van der Waals surface area contributed by atoms with Crippen molar-refractivity contribution in [1.82, 2.24) is 9.71 Å². The standard InChI is InChI=1S/C15H17ClN2O2S/c1-2-15(7-8-15)10-17-21(19,20)12-4-5-13-11(9-12)3-6-14(16)18-13/h3-6,9,17H,2,7-8,10H2,1H3. The summed E-state index contributed by atoms with van der Waals surface area (Å²) in [5.74, 6) is 0. The quantitative estimate of drug-likeness (QED) is 0.858. The summed E-state index contributed by atoms with van der Waals surface area (Å²) in [6.07, 6.45) is 3.22. The van der Waals surface area contributed by atoms with Crippen LogP contribution in [0.1, 0.15) is 26.2 Å². The third-order valence-corrected chi connectivity index (χ3v) is 5.89. The van der Waals surface area contributed by atoms with Crippen molar-refractivity contribution in [3.63, 3.8) is 0 Å². The van der Waals surface area contributed by atoms with Gasteiger partial charge < -0.3 is 0 Å². The molecule has 1 aliphatic rings. The summed E-state index contributed by atoms with van der Waals surface area (Å²) in [6, 6.07) is 8.32. The molecule has 0 unspecified atom stereocenters.